The number of nitrogens with zero attached hydrogens (tertiary/aromatic N) is 5. The Hall–Kier alpha value is -3.71. The van der Waals surface area contributed by atoms with Gasteiger partial charge in [-0.15, -0.1) is 0 Å². The topological polar surface area (TPSA) is 134 Å². The molecular formula is C18H18N8O2. The third-order valence-corrected chi connectivity index (χ3v) is 4.52. The van der Waals surface area contributed by atoms with Crippen LogP contribution in [0, 0.1) is 11.3 Å². The second-order valence-corrected chi connectivity index (χ2v) is 6.17. The third-order valence-electron chi connectivity index (χ3n) is 4.52. The number of aromatic amines is 1. The molecule has 0 saturated carbocycles. The molecule has 0 radical (unpaired) electrons. The van der Waals surface area contributed by atoms with E-state index in [4.69, 9.17) is 14.7 Å². The van der Waals surface area contributed by atoms with E-state index in [0.29, 0.717) is 23.3 Å². The summed E-state index contributed by atoms with van der Waals surface area (Å²) in [4.78, 5) is 12.5. The predicted octanol–water partition coefficient (Wildman–Crippen LogP) is 1.58. The van der Waals surface area contributed by atoms with E-state index in [1.165, 1.54) is 12.4 Å². The smallest absolute Gasteiger partial charge is 0.217 e. The molecule has 0 aromatic carbocycles. The van der Waals surface area contributed by atoms with E-state index in [-0.39, 0.29) is 11.6 Å². The lowest BCUT2D eigenvalue weighted by Crippen LogP contribution is -2.40. The summed E-state index contributed by atoms with van der Waals surface area (Å²) in [6, 6.07) is 3.79. The first-order valence-corrected chi connectivity index (χ1v) is 8.60. The van der Waals surface area contributed by atoms with Crippen molar-refractivity contribution < 1.29 is 9.47 Å². The Kier molecular flexibility index (Phi) is 4.74. The van der Waals surface area contributed by atoms with Gasteiger partial charge in [-0.05, 0) is 0 Å². The van der Waals surface area contributed by atoms with Crippen molar-refractivity contribution in [3.8, 4) is 29.0 Å². The minimum atomic E-state index is 0.251. The van der Waals surface area contributed by atoms with Crippen molar-refractivity contribution in [1.82, 2.24) is 30.5 Å². The van der Waals surface area contributed by atoms with Gasteiger partial charge in [-0.3, -0.25) is 5.10 Å². The number of nitriles is 1. The van der Waals surface area contributed by atoms with Gasteiger partial charge in [-0.1, -0.05) is 0 Å². The average molecular weight is 378 g/mol. The zero-order chi connectivity index (χ0) is 19.5. The maximum atomic E-state index is 8.81. The Morgan fingerprint density at radius 3 is 2.57 bits per heavy atom. The highest BCUT2D eigenvalue weighted by molar-refractivity contribution is 5.76. The Bertz CT molecular complexity index is 1020. The molecule has 10 nitrogen and oxygen atoms in total. The highest BCUT2D eigenvalue weighted by Crippen LogP contribution is 2.42. The largest absolute Gasteiger partial charge is 0.494 e. The van der Waals surface area contributed by atoms with Crippen LogP contribution in [0.15, 0.2) is 24.7 Å². The molecule has 1 fully saturated rings. The summed E-state index contributed by atoms with van der Waals surface area (Å²) in [7, 11) is 3.22. The van der Waals surface area contributed by atoms with Crippen LogP contribution in [-0.4, -0.2) is 52.5 Å². The second kappa shape index (κ2) is 7.50. The number of hydrogen-bond acceptors (Lipinski definition) is 9. The molecule has 10 heteroatoms. The number of aromatic nitrogens is 5. The van der Waals surface area contributed by atoms with Gasteiger partial charge in [-0.2, -0.15) is 10.4 Å². The molecule has 4 rings (SSSR count). The van der Waals surface area contributed by atoms with Gasteiger partial charge in [0.1, 0.15) is 17.6 Å². The summed E-state index contributed by atoms with van der Waals surface area (Å²) < 4.78 is 11.1. The molecule has 0 aliphatic carbocycles. The second-order valence-electron chi connectivity index (χ2n) is 6.17. The summed E-state index contributed by atoms with van der Waals surface area (Å²) in [5.41, 5.74) is 2.87. The molecule has 4 heterocycles. The molecule has 1 aliphatic heterocycles. The third kappa shape index (κ3) is 3.19. The van der Waals surface area contributed by atoms with Crippen molar-refractivity contribution in [1.29, 1.82) is 5.26 Å². The maximum absolute atomic E-state index is 8.81. The lowest BCUT2D eigenvalue weighted by molar-refractivity contribution is 0.364. The van der Waals surface area contributed by atoms with Crippen molar-refractivity contribution in [2.45, 2.75) is 5.92 Å². The molecule has 0 spiro atoms. The molecule has 3 aromatic heterocycles. The van der Waals surface area contributed by atoms with E-state index in [1.54, 1.807) is 20.4 Å². The van der Waals surface area contributed by atoms with Crippen molar-refractivity contribution in [3.05, 3.63) is 35.9 Å². The lowest BCUT2D eigenvalue weighted by Gasteiger charge is -2.30. The molecule has 0 atom stereocenters. The fourth-order valence-electron chi connectivity index (χ4n) is 3.05. The number of ether oxygens (including phenoxy) is 2. The summed E-state index contributed by atoms with van der Waals surface area (Å²) in [6.07, 6.45) is 4.52. The molecule has 142 valence electrons. The van der Waals surface area contributed by atoms with Gasteiger partial charge in [0.2, 0.25) is 5.88 Å². The molecule has 28 heavy (non-hydrogen) atoms. The number of anilines is 2. The van der Waals surface area contributed by atoms with E-state index in [1.807, 2.05) is 12.1 Å². The zero-order valence-electron chi connectivity index (χ0n) is 15.4. The standard InChI is InChI=1S/C18H18N8O2/c1-27-13-8-23-18(28-2)16(10-5-20-6-10)17(13)12-3-14(26-25-12)24-15-9-21-11(4-19)7-22-15/h3,7-10,20H,5-6H2,1-2H3,(H2,22,24,25,26). The summed E-state index contributed by atoms with van der Waals surface area (Å²) >= 11 is 0. The number of methoxy groups -OCH3 is 2. The first-order valence-electron chi connectivity index (χ1n) is 8.60. The highest BCUT2D eigenvalue weighted by atomic mass is 16.5. The molecule has 0 unspecified atom stereocenters. The van der Waals surface area contributed by atoms with E-state index < -0.39 is 0 Å². The van der Waals surface area contributed by atoms with Crippen molar-refractivity contribution in [3.63, 3.8) is 0 Å². The first-order chi connectivity index (χ1) is 13.7. The van der Waals surface area contributed by atoms with Crippen LogP contribution in [-0.2, 0) is 0 Å². The fourth-order valence-corrected chi connectivity index (χ4v) is 3.05. The van der Waals surface area contributed by atoms with Crippen molar-refractivity contribution in [2.24, 2.45) is 0 Å². The van der Waals surface area contributed by atoms with Crippen LogP contribution in [0.5, 0.6) is 11.6 Å². The van der Waals surface area contributed by atoms with E-state index in [0.717, 1.165) is 29.9 Å². The number of nitrogens with one attached hydrogen (secondary N) is 3. The van der Waals surface area contributed by atoms with Gasteiger partial charge in [0, 0.05) is 30.6 Å². The van der Waals surface area contributed by atoms with Crippen LogP contribution in [0.2, 0.25) is 0 Å². The summed E-state index contributed by atoms with van der Waals surface area (Å²) in [6.45, 7) is 1.69. The van der Waals surface area contributed by atoms with Crippen LogP contribution in [0.1, 0.15) is 17.2 Å². The normalized spacial score (nSPS) is 13.5. The number of hydrogen-bond donors (Lipinski definition) is 3. The van der Waals surface area contributed by atoms with E-state index in [2.05, 4.69) is 35.8 Å². The summed E-state index contributed by atoms with van der Waals surface area (Å²) in [5, 5.41) is 22.5. The molecule has 0 amide bonds. The minimum Gasteiger partial charge on any atom is -0.494 e. The molecule has 3 aromatic rings. The number of rotatable bonds is 6. The average Bonchev–Trinajstić information content (AvgIpc) is 3.15. The summed E-state index contributed by atoms with van der Waals surface area (Å²) in [5.74, 6) is 2.53. The predicted molar refractivity (Wildman–Crippen MR) is 101 cm³/mol. The SMILES string of the molecule is COc1cnc(OC)c(C2CNC2)c1-c1cc(Nc2cnc(C#N)cn2)n[nH]1. The van der Waals surface area contributed by atoms with Crippen LogP contribution in [0.3, 0.4) is 0 Å². The maximum Gasteiger partial charge on any atom is 0.217 e. The number of H-pyrrole nitrogens is 1. The van der Waals surface area contributed by atoms with Crippen molar-refractivity contribution >= 4 is 11.6 Å². The zero-order valence-corrected chi connectivity index (χ0v) is 15.4. The molecular weight excluding hydrogens is 360 g/mol. The fraction of sp³-hybridized carbons (Fsp3) is 0.278. The van der Waals surface area contributed by atoms with Gasteiger partial charge in [0.05, 0.1) is 44.1 Å². The van der Waals surface area contributed by atoms with Crippen LogP contribution in [0.4, 0.5) is 11.6 Å². The minimum absolute atomic E-state index is 0.251. The van der Waals surface area contributed by atoms with Gasteiger partial charge in [0.25, 0.3) is 0 Å². The van der Waals surface area contributed by atoms with E-state index >= 15 is 0 Å². The van der Waals surface area contributed by atoms with Crippen LogP contribution < -0.4 is 20.1 Å². The quantitative estimate of drug-likeness (QED) is 0.584. The van der Waals surface area contributed by atoms with Crippen LogP contribution >= 0.6 is 0 Å². The van der Waals surface area contributed by atoms with Gasteiger partial charge in [-0.25, -0.2) is 15.0 Å². The first kappa shape index (κ1) is 17.7. The Balaban J connectivity index is 1.70. The Morgan fingerprint density at radius 2 is 1.96 bits per heavy atom. The number of pyridine rings is 1. The monoisotopic (exact) mass is 378 g/mol. The molecule has 0 bridgehead atoms. The van der Waals surface area contributed by atoms with Crippen LogP contribution in [0.25, 0.3) is 11.3 Å². The van der Waals surface area contributed by atoms with Gasteiger partial charge < -0.3 is 20.1 Å². The Labute approximate surface area is 161 Å². The van der Waals surface area contributed by atoms with Gasteiger partial charge >= 0.3 is 0 Å². The van der Waals surface area contributed by atoms with Crippen molar-refractivity contribution in [2.75, 3.05) is 32.6 Å². The Morgan fingerprint density at radius 1 is 1.11 bits per heavy atom. The van der Waals surface area contributed by atoms with E-state index in [9.17, 15) is 0 Å². The molecule has 3 N–H and O–H groups in total. The van der Waals surface area contributed by atoms with Gasteiger partial charge in [0.15, 0.2) is 11.5 Å². The highest BCUT2D eigenvalue weighted by Gasteiger charge is 2.30. The molecule has 1 saturated heterocycles. The molecule has 1 aliphatic rings. The lowest BCUT2D eigenvalue weighted by atomic mass is 9.89.